The molecule has 172 valence electrons. The van der Waals surface area contributed by atoms with Crippen molar-refractivity contribution in [3.63, 3.8) is 0 Å². The van der Waals surface area contributed by atoms with Gasteiger partial charge in [-0.1, -0.05) is 52.9 Å². The molecule has 1 unspecified atom stereocenters. The van der Waals surface area contributed by atoms with Gasteiger partial charge in [0, 0.05) is 0 Å². The van der Waals surface area contributed by atoms with Gasteiger partial charge < -0.3 is 9.47 Å². The van der Waals surface area contributed by atoms with E-state index in [9.17, 15) is 35.9 Å². The van der Waals surface area contributed by atoms with Crippen LogP contribution in [-0.2, 0) is 19.1 Å². The third-order valence-electron chi connectivity index (χ3n) is 4.77. The smallest absolute Gasteiger partial charge is 0.425 e. The lowest BCUT2D eigenvalue weighted by molar-refractivity contribution is -0.255. The number of unbranched alkanes of at least 4 members (excludes halogenated alkanes) is 5. The Labute approximate surface area is 167 Å². The number of hydrogen-bond acceptors (Lipinski definition) is 4. The second-order valence-electron chi connectivity index (χ2n) is 6.93. The molecule has 0 saturated carbocycles. The molecular weight excluding hydrogens is 406 g/mol. The van der Waals surface area contributed by atoms with E-state index in [1.807, 2.05) is 0 Å². The molecular formula is C19H30F6O4. The summed E-state index contributed by atoms with van der Waals surface area (Å²) in [7, 11) is 0. The molecule has 1 atom stereocenters. The lowest BCUT2D eigenvalue weighted by atomic mass is 9.82. The van der Waals surface area contributed by atoms with Crippen LogP contribution in [0, 0.1) is 5.41 Å². The molecule has 0 aliphatic rings. The van der Waals surface area contributed by atoms with Crippen LogP contribution in [-0.4, -0.2) is 43.4 Å². The third kappa shape index (κ3) is 8.42. The molecule has 4 nitrogen and oxygen atoms in total. The zero-order valence-electron chi connectivity index (χ0n) is 17.0. The van der Waals surface area contributed by atoms with Crippen LogP contribution in [0.3, 0.4) is 0 Å². The van der Waals surface area contributed by atoms with E-state index in [1.165, 1.54) is 13.8 Å². The van der Waals surface area contributed by atoms with Gasteiger partial charge in [-0.05, 0) is 19.3 Å². The second-order valence-corrected chi connectivity index (χ2v) is 6.93. The van der Waals surface area contributed by atoms with Gasteiger partial charge >= 0.3 is 24.0 Å². The Morgan fingerprint density at radius 3 is 1.76 bits per heavy atom. The quantitative estimate of drug-likeness (QED) is 0.150. The highest BCUT2D eigenvalue weighted by Crippen LogP contribution is 2.36. The van der Waals surface area contributed by atoms with Crippen molar-refractivity contribution in [2.75, 3.05) is 13.2 Å². The van der Waals surface area contributed by atoms with E-state index in [1.54, 1.807) is 0 Å². The van der Waals surface area contributed by atoms with Gasteiger partial charge in [0.15, 0.2) is 12.0 Å². The minimum atomic E-state index is -5.81. The van der Waals surface area contributed by atoms with Crippen LogP contribution in [0.25, 0.3) is 0 Å². The van der Waals surface area contributed by atoms with Gasteiger partial charge in [0.25, 0.3) is 6.17 Å². The van der Waals surface area contributed by atoms with E-state index in [2.05, 4.69) is 11.7 Å². The first kappa shape index (κ1) is 27.5. The fourth-order valence-corrected chi connectivity index (χ4v) is 2.71. The van der Waals surface area contributed by atoms with E-state index in [0.29, 0.717) is 6.42 Å². The number of rotatable bonds is 14. The summed E-state index contributed by atoms with van der Waals surface area (Å²) >= 11 is 0. The summed E-state index contributed by atoms with van der Waals surface area (Å²) in [6, 6.07) is 0. The summed E-state index contributed by atoms with van der Waals surface area (Å²) in [5, 5.41) is 0. The average molecular weight is 436 g/mol. The van der Waals surface area contributed by atoms with Crippen molar-refractivity contribution in [3.8, 4) is 0 Å². The number of alkyl halides is 6. The first-order valence-electron chi connectivity index (χ1n) is 9.82. The Morgan fingerprint density at radius 1 is 0.793 bits per heavy atom. The van der Waals surface area contributed by atoms with Crippen molar-refractivity contribution >= 4 is 11.9 Å². The number of ether oxygens (including phenoxy) is 2. The molecule has 29 heavy (non-hydrogen) atoms. The zero-order valence-corrected chi connectivity index (χ0v) is 17.0. The van der Waals surface area contributed by atoms with Crippen LogP contribution < -0.4 is 0 Å². The Bertz CT molecular complexity index is 503. The van der Waals surface area contributed by atoms with E-state index in [4.69, 9.17) is 4.74 Å². The van der Waals surface area contributed by atoms with Crippen molar-refractivity contribution < 1.29 is 45.4 Å². The van der Waals surface area contributed by atoms with E-state index < -0.39 is 42.2 Å². The highest BCUT2D eigenvalue weighted by molar-refractivity contribution is 6.00. The van der Waals surface area contributed by atoms with E-state index in [-0.39, 0.29) is 19.4 Å². The number of carbonyl (C=O) groups is 2. The second kappa shape index (κ2) is 12.3. The van der Waals surface area contributed by atoms with E-state index in [0.717, 1.165) is 32.1 Å². The van der Waals surface area contributed by atoms with Crippen LogP contribution in [0.4, 0.5) is 26.3 Å². The predicted octanol–water partition coefficient (Wildman–Crippen LogP) is 5.78. The fourth-order valence-electron chi connectivity index (χ4n) is 2.71. The molecule has 0 aromatic carbocycles. The molecule has 0 rings (SSSR count). The molecule has 0 bridgehead atoms. The van der Waals surface area contributed by atoms with Crippen LogP contribution in [0.5, 0.6) is 0 Å². The highest BCUT2D eigenvalue weighted by atomic mass is 19.4. The van der Waals surface area contributed by atoms with Crippen molar-refractivity contribution in [2.24, 2.45) is 5.41 Å². The van der Waals surface area contributed by atoms with Crippen LogP contribution in [0.2, 0.25) is 0 Å². The lowest BCUT2D eigenvalue weighted by Gasteiger charge is -2.28. The summed E-state index contributed by atoms with van der Waals surface area (Å²) < 4.78 is 85.4. The molecule has 0 amide bonds. The predicted molar refractivity (Wildman–Crippen MR) is 94.2 cm³/mol. The summed E-state index contributed by atoms with van der Waals surface area (Å²) in [4.78, 5) is 24.6. The molecule has 0 aromatic rings. The summed E-state index contributed by atoms with van der Waals surface area (Å²) in [6.07, 6.45) is -5.07. The Kier molecular flexibility index (Phi) is 11.6. The first-order valence-corrected chi connectivity index (χ1v) is 9.82. The van der Waals surface area contributed by atoms with Crippen LogP contribution in [0.1, 0.15) is 72.1 Å². The topological polar surface area (TPSA) is 52.6 Å². The molecule has 0 heterocycles. The Balaban J connectivity index is 4.82. The zero-order chi connectivity index (χ0) is 22.7. The van der Waals surface area contributed by atoms with Crippen molar-refractivity contribution in [1.82, 2.24) is 0 Å². The molecule has 0 aromatic heterocycles. The largest absolute Gasteiger partial charge is 0.465 e. The molecule has 0 spiro atoms. The molecule has 0 aliphatic carbocycles. The minimum Gasteiger partial charge on any atom is -0.465 e. The number of esters is 2. The maximum absolute atomic E-state index is 13.4. The van der Waals surface area contributed by atoms with Gasteiger partial charge in [-0.3, -0.25) is 9.59 Å². The van der Waals surface area contributed by atoms with Gasteiger partial charge in [-0.25, -0.2) is 4.39 Å². The number of halogens is 6. The lowest BCUT2D eigenvalue weighted by Crippen LogP contribution is -2.47. The van der Waals surface area contributed by atoms with Gasteiger partial charge in [0.1, 0.15) is 0 Å². The summed E-state index contributed by atoms with van der Waals surface area (Å²) in [6.45, 7) is 2.81. The molecule has 0 N–H and O–H groups in total. The normalized spacial score (nSPS) is 13.8. The van der Waals surface area contributed by atoms with Crippen molar-refractivity contribution in [3.05, 3.63) is 0 Å². The molecule has 0 aliphatic heterocycles. The Hall–Kier alpha value is -1.48. The van der Waals surface area contributed by atoms with Crippen molar-refractivity contribution in [2.45, 2.75) is 90.4 Å². The number of carbonyl (C=O) groups excluding carboxylic acids is 2. The molecule has 10 heteroatoms. The number of hydrogen-bond donors (Lipinski definition) is 0. The Morgan fingerprint density at radius 2 is 1.28 bits per heavy atom. The summed E-state index contributed by atoms with van der Waals surface area (Å²) in [5.74, 6) is -7.41. The third-order valence-corrected chi connectivity index (χ3v) is 4.77. The SMILES string of the molecule is CCCCCCCCOC(=O)C(CC)(CC)C(=O)OCC(F)(F)C(F)C(F)(F)F. The standard InChI is InChI=1S/C19H30F6O4/c1-4-7-8-9-10-11-12-28-15(26)17(5-2,6-3)16(27)29-13-18(21,22)14(20)19(23,24)25/h14H,4-13H2,1-3H3. The maximum atomic E-state index is 13.4. The van der Waals surface area contributed by atoms with Gasteiger partial charge in [-0.15, -0.1) is 0 Å². The minimum absolute atomic E-state index is 0.0246. The van der Waals surface area contributed by atoms with E-state index >= 15 is 0 Å². The first-order chi connectivity index (χ1) is 13.4. The maximum Gasteiger partial charge on any atom is 0.425 e. The van der Waals surface area contributed by atoms with Crippen LogP contribution >= 0.6 is 0 Å². The van der Waals surface area contributed by atoms with Crippen molar-refractivity contribution in [1.29, 1.82) is 0 Å². The van der Waals surface area contributed by atoms with Crippen LogP contribution in [0.15, 0.2) is 0 Å². The summed E-state index contributed by atoms with van der Waals surface area (Å²) in [5.41, 5.74) is -1.93. The van der Waals surface area contributed by atoms with Gasteiger partial charge in [-0.2, -0.15) is 22.0 Å². The van der Waals surface area contributed by atoms with Gasteiger partial charge in [0.2, 0.25) is 0 Å². The highest BCUT2D eigenvalue weighted by Gasteiger charge is 2.58. The molecule has 0 saturated heterocycles. The molecule has 0 fully saturated rings. The monoisotopic (exact) mass is 436 g/mol. The fraction of sp³-hybridized carbons (Fsp3) is 0.895. The average Bonchev–Trinajstić information content (AvgIpc) is 2.65. The molecule has 0 radical (unpaired) electrons. The van der Waals surface area contributed by atoms with Gasteiger partial charge in [0.05, 0.1) is 6.61 Å².